The number of hydrogen-bond acceptors (Lipinski definition) is 5. The van der Waals surface area contributed by atoms with Crippen LogP contribution in [0.3, 0.4) is 0 Å². The summed E-state index contributed by atoms with van der Waals surface area (Å²) >= 11 is 0. The van der Waals surface area contributed by atoms with Gasteiger partial charge in [0.15, 0.2) is 11.5 Å². The number of unbranched alkanes of at least 4 members (excludes halogenated alkanes) is 1. The van der Waals surface area contributed by atoms with Crippen molar-refractivity contribution >= 4 is 5.69 Å². The Morgan fingerprint density at radius 3 is 2.21 bits per heavy atom. The summed E-state index contributed by atoms with van der Waals surface area (Å²) in [7, 11) is 5.47. The van der Waals surface area contributed by atoms with Crippen LogP contribution >= 0.6 is 0 Å². The average molecular weight is 401 g/mol. The number of anilines is 1. The van der Waals surface area contributed by atoms with Crippen molar-refractivity contribution < 1.29 is 14.2 Å². The molecular formula is C24H36N2O3. The van der Waals surface area contributed by atoms with Crippen molar-refractivity contribution in [2.45, 2.75) is 33.2 Å². The minimum atomic E-state index is 0.715. The standard InChI is InChI=1S/C24H36N2O3/c1-6-8-15-25(3)16-17-29-22-12-9-20(10-13-22)19-26(7-2)21-11-14-23(27-4)24(18-21)28-5/h9-14,18H,6-8,15-17,19H2,1-5H3. The molecule has 0 unspecified atom stereocenters. The molecule has 0 N–H and O–H groups in total. The molecule has 2 aromatic carbocycles. The fourth-order valence-electron chi connectivity index (χ4n) is 3.18. The van der Waals surface area contributed by atoms with Crippen LogP contribution in [0.25, 0.3) is 0 Å². The Kier molecular flexibility index (Phi) is 9.65. The second-order valence-corrected chi connectivity index (χ2v) is 7.20. The van der Waals surface area contributed by atoms with Crippen LogP contribution in [-0.2, 0) is 6.54 Å². The second kappa shape index (κ2) is 12.2. The Morgan fingerprint density at radius 2 is 1.59 bits per heavy atom. The molecule has 0 saturated heterocycles. The van der Waals surface area contributed by atoms with Gasteiger partial charge in [0, 0.05) is 31.4 Å². The number of nitrogens with zero attached hydrogens (tertiary/aromatic N) is 2. The maximum absolute atomic E-state index is 5.90. The molecule has 0 amide bonds. The van der Waals surface area contributed by atoms with Crippen LogP contribution in [-0.4, -0.2) is 52.4 Å². The molecule has 0 aliphatic heterocycles. The predicted octanol–water partition coefficient (Wildman–Crippen LogP) is 4.84. The first kappa shape index (κ1) is 22.9. The lowest BCUT2D eigenvalue weighted by Gasteiger charge is -2.24. The van der Waals surface area contributed by atoms with Gasteiger partial charge >= 0.3 is 0 Å². The lowest BCUT2D eigenvalue weighted by molar-refractivity contribution is 0.235. The first-order chi connectivity index (χ1) is 14.1. The highest BCUT2D eigenvalue weighted by molar-refractivity contribution is 5.56. The molecule has 5 nitrogen and oxygen atoms in total. The van der Waals surface area contributed by atoms with Gasteiger partial charge in [-0.25, -0.2) is 0 Å². The maximum atomic E-state index is 5.90. The van der Waals surface area contributed by atoms with Gasteiger partial charge in [0.1, 0.15) is 12.4 Å². The average Bonchev–Trinajstić information content (AvgIpc) is 2.76. The van der Waals surface area contributed by atoms with E-state index >= 15 is 0 Å². The van der Waals surface area contributed by atoms with Gasteiger partial charge in [-0.3, -0.25) is 0 Å². The summed E-state index contributed by atoms with van der Waals surface area (Å²) in [5, 5.41) is 0. The topological polar surface area (TPSA) is 34.2 Å². The fraction of sp³-hybridized carbons (Fsp3) is 0.500. The van der Waals surface area contributed by atoms with Gasteiger partial charge in [-0.1, -0.05) is 25.5 Å². The van der Waals surface area contributed by atoms with Crippen LogP contribution < -0.4 is 19.1 Å². The summed E-state index contributed by atoms with van der Waals surface area (Å²) in [6.45, 7) is 8.89. The highest BCUT2D eigenvalue weighted by Crippen LogP contribution is 2.32. The molecule has 2 aromatic rings. The third kappa shape index (κ3) is 7.17. The number of rotatable bonds is 13. The molecule has 0 aliphatic carbocycles. The highest BCUT2D eigenvalue weighted by Gasteiger charge is 2.10. The summed E-state index contributed by atoms with van der Waals surface area (Å²) in [5.41, 5.74) is 2.36. The van der Waals surface area contributed by atoms with Gasteiger partial charge in [-0.05, 0) is 56.8 Å². The predicted molar refractivity (Wildman–Crippen MR) is 121 cm³/mol. The summed E-state index contributed by atoms with van der Waals surface area (Å²) in [6, 6.07) is 14.4. The molecule has 5 heteroatoms. The monoisotopic (exact) mass is 400 g/mol. The van der Waals surface area contributed by atoms with Crippen molar-refractivity contribution in [2.75, 3.05) is 52.4 Å². The minimum absolute atomic E-state index is 0.715. The first-order valence-electron chi connectivity index (χ1n) is 10.5. The Bertz CT molecular complexity index is 719. The lowest BCUT2D eigenvalue weighted by Crippen LogP contribution is -2.25. The van der Waals surface area contributed by atoms with E-state index in [4.69, 9.17) is 14.2 Å². The Balaban J connectivity index is 1.92. The van der Waals surface area contributed by atoms with Crippen LogP contribution in [0.5, 0.6) is 17.2 Å². The molecule has 0 atom stereocenters. The number of likely N-dealkylation sites (N-methyl/N-ethyl adjacent to an activating group) is 1. The van der Waals surface area contributed by atoms with Gasteiger partial charge in [0.25, 0.3) is 0 Å². The van der Waals surface area contributed by atoms with E-state index in [1.54, 1.807) is 14.2 Å². The zero-order valence-corrected chi connectivity index (χ0v) is 18.6. The molecule has 0 radical (unpaired) electrons. The van der Waals surface area contributed by atoms with Crippen LogP contribution in [0, 0.1) is 0 Å². The second-order valence-electron chi connectivity index (χ2n) is 7.20. The minimum Gasteiger partial charge on any atom is -0.493 e. The number of ether oxygens (including phenoxy) is 3. The van der Waals surface area contributed by atoms with Crippen molar-refractivity contribution in [1.29, 1.82) is 0 Å². The third-order valence-corrected chi connectivity index (χ3v) is 5.05. The molecule has 29 heavy (non-hydrogen) atoms. The number of hydrogen-bond donors (Lipinski definition) is 0. The molecule has 0 aliphatic rings. The van der Waals surface area contributed by atoms with Crippen molar-refractivity contribution in [3.05, 3.63) is 48.0 Å². The fourth-order valence-corrected chi connectivity index (χ4v) is 3.18. The van der Waals surface area contributed by atoms with Gasteiger partial charge in [-0.15, -0.1) is 0 Å². The van der Waals surface area contributed by atoms with E-state index in [2.05, 4.69) is 61.0 Å². The third-order valence-electron chi connectivity index (χ3n) is 5.05. The Hall–Kier alpha value is -2.40. The van der Waals surface area contributed by atoms with E-state index in [0.29, 0.717) is 6.61 Å². The molecule has 0 heterocycles. The molecular weight excluding hydrogens is 364 g/mol. The van der Waals surface area contributed by atoms with E-state index in [1.165, 1.54) is 18.4 Å². The van der Waals surface area contributed by atoms with E-state index in [9.17, 15) is 0 Å². The van der Waals surface area contributed by atoms with Crippen molar-refractivity contribution in [3.63, 3.8) is 0 Å². The van der Waals surface area contributed by atoms with Gasteiger partial charge in [-0.2, -0.15) is 0 Å². The highest BCUT2D eigenvalue weighted by atomic mass is 16.5. The van der Waals surface area contributed by atoms with Crippen LogP contribution in [0.1, 0.15) is 32.3 Å². The number of benzene rings is 2. The van der Waals surface area contributed by atoms with Crippen molar-refractivity contribution in [1.82, 2.24) is 4.90 Å². The maximum Gasteiger partial charge on any atom is 0.162 e. The normalized spacial score (nSPS) is 10.8. The zero-order chi connectivity index (χ0) is 21.1. The largest absolute Gasteiger partial charge is 0.493 e. The molecule has 0 spiro atoms. The molecule has 160 valence electrons. The molecule has 0 saturated carbocycles. The van der Waals surface area contributed by atoms with Crippen LogP contribution in [0.4, 0.5) is 5.69 Å². The molecule has 0 bridgehead atoms. The quantitative estimate of drug-likeness (QED) is 0.481. The first-order valence-corrected chi connectivity index (χ1v) is 10.5. The molecule has 2 rings (SSSR count). The lowest BCUT2D eigenvalue weighted by atomic mass is 10.2. The van der Waals surface area contributed by atoms with Gasteiger partial charge in [0.05, 0.1) is 14.2 Å². The molecule has 0 fully saturated rings. The van der Waals surface area contributed by atoms with Crippen molar-refractivity contribution in [3.8, 4) is 17.2 Å². The van der Waals surface area contributed by atoms with E-state index < -0.39 is 0 Å². The zero-order valence-electron chi connectivity index (χ0n) is 18.6. The smallest absolute Gasteiger partial charge is 0.162 e. The Morgan fingerprint density at radius 1 is 0.862 bits per heavy atom. The summed E-state index contributed by atoms with van der Waals surface area (Å²) in [5.74, 6) is 2.41. The molecule has 0 aromatic heterocycles. The van der Waals surface area contributed by atoms with Crippen molar-refractivity contribution in [2.24, 2.45) is 0 Å². The van der Waals surface area contributed by atoms with Crippen LogP contribution in [0.2, 0.25) is 0 Å². The van der Waals surface area contributed by atoms with E-state index in [-0.39, 0.29) is 0 Å². The SMILES string of the molecule is CCCCN(C)CCOc1ccc(CN(CC)c2ccc(OC)c(OC)c2)cc1. The summed E-state index contributed by atoms with van der Waals surface area (Å²) < 4.78 is 16.7. The summed E-state index contributed by atoms with van der Waals surface area (Å²) in [4.78, 5) is 4.63. The Labute approximate surface area is 176 Å². The van der Waals surface area contributed by atoms with Gasteiger partial charge < -0.3 is 24.0 Å². The van der Waals surface area contributed by atoms with Gasteiger partial charge in [0.2, 0.25) is 0 Å². The van der Waals surface area contributed by atoms with E-state index in [0.717, 1.165) is 49.1 Å². The number of methoxy groups -OCH3 is 2. The van der Waals surface area contributed by atoms with E-state index in [1.807, 2.05) is 12.1 Å². The summed E-state index contributed by atoms with van der Waals surface area (Å²) in [6.07, 6.45) is 2.46. The van der Waals surface area contributed by atoms with Crippen LogP contribution in [0.15, 0.2) is 42.5 Å².